The molecule has 4 atom stereocenters. The van der Waals surface area contributed by atoms with Crippen LogP contribution in [0, 0.1) is 17.8 Å². The van der Waals surface area contributed by atoms with Crippen molar-refractivity contribution < 1.29 is 0 Å². The fraction of sp³-hybridized carbons (Fsp3) is 1.00. The van der Waals surface area contributed by atoms with Crippen LogP contribution in [0.1, 0.15) is 58.3 Å². The van der Waals surface area contributed by atoms with Gasteiger partial charge in [-0.2, -0.15) is 11.8 Å². The summed E-state index contributed by atoms with van der Waals surface area (Å²) >= 11 is 2.28. The molecule has 2 bridgehead atoms. The van der Waals surface area contributed by atoms with E-state index in [2.05, 4.69) is 24.0 Å². The Hall–Kier alpha value is 0.310. The number of nitrogens with one attached hydrogen (secondary N) is 1. The van der Waals surface area contributed by atoms with Gasteiger partial charge in [-0.15, -0.1) is 0 Å². The third-order valence-electron chi connectivity index (χ3n) is 5.59. The smallest absolute Gasteiger partial charge is 0.0189 e. The molecule has 0 radical (unpaired) electrons. The molecular weight excluding hydrogens is 238 g/mol. The summed E-state index contributed by atoms with van der Waals surface area (Å²) in [7, 11) is 0. The summed E-state index contributed by atoms with van der Waals surface area (Å²) in [6.45, 7) is 3.43. The van der Waals surface area contributed by atoms with Crippen molar-refractivity contribution in [2.24, 2.45) is 17.8 Å². The highest BCUT2D eigenvalue weighted by Crippen LogP contribution is 2.50. The fourth-order valence-electron chi connectivity index (χ4n) is 4.68. The molecule has 0 aromatic carbocycles. The van der Waals surface area contributed by atoms with E-state index in [-0.39, 0.29) is 0 Å². The number of hydrogen-bond donors (Lipinski definition) is 1. The minimum atomic E-state index is 0.816. The monoisotopic (exact) mass is 267 g/mol. The lowest BCUT2D eigenvalue weighted by Crippen LogP contribution is -2.41. The Bertz CT molecular complexity index is 262. The van der Waals surface area contributed by atoms with Gasteiger partial charge in [0, 0.05) is 17.0 Å². The summed E-state index contributed by atoms with van der Waals surface area (Å²) < 4.78 is 0. The Morgan fingerprint density at radius 1 is 1.11 bits per heavy atom. The molecule has 1 nitrogen and oxygen atoms in total. The van der Waals surface area contributed by atoms with Crippen LogP contribution in [-0.4, -0.2) is 23.6 Å². The minimum absolute atomic E-state index is 0.816. The predicted octanol–water partition coefficient (Wildman–Crippen LogP) is 4.08. The largest absolute Gasteiger partial charge is 0.313 e. The molecule has 3 rings (SSSR count). The Labute approximate surface area is 117 Å². The minimum Gasteiger partial charge on any atom is -0.313 e. The molecule has 0 saturated heterocycles. The summed E-state index contributed by atoms with van der Waals surface area (Å²) in [6.07, 6.45) is 12.1. The van der Waals surface area contributed by atoms with Crippen LogP contribution in [0.25, 0.3) is 0 Å². The van der Waals surface area contributed by atoms with Crippen LogP contribution in [0.5, 0.6) is 0 Å². The van der Waals surface area contributed by atoms with Crippen LogP contribution in [0.15, 0.2) is 0 Å². The molecule has 3 aliphatic rings. The highest BCUT2D eigenvalue weighted by molar-refractivity contribution is 7.99. The SMILES string of the molecule is CCNC(CSC1CCCC1)C1CC2CCC1C2. The predicted molar refractivity (Wildman–Crippen MR) is 81.1 cm³/mol. The van der Waals surface area contributed by atoms with Crippen molar-refractivity contribution in [3.63, 3.8) is 0 Å². The Balaban J connectivity index is 1.51. The van der Waals surface area contributed by atoms with Gasteiger partial charge in [0.05, 0.1) is 0 Å². The van der Waals surface area contributed by atoms with Crippen molar-refractivity contribution >= 4 is 11.8 Å². The van der Waals surface area contributed by atoms with Gasteiger partial charge in [0.2, 0.25) is 0 Å². The maximum absolute atomic E-state index is 3.81. The van der Waals surface area contributed by atoms with E-state index >= 15 is 0 Å². The van der Waals surface area contributed by atoms with Gasteiger partial charge in [-0.25, -0.2) is 0 Å². The average Bonchev–Trinajstić information content (AvgIpc) is 3.10. The molecule has 2 heteroatoms. The zero-order valence-electron chi connectivity index (χ0n) is 11.9. The summed E-state index contributed by atoms with van der Waals surface area (Å²) in [5.74, 6) is 4.56. The first kappa shape index (κ1) is 13.3. The van der Waals surface area contributed by atoms with Gasteiger partial charge in [0.1, 0.15) is 0 Å². The summed E-state index contributed by atoms with van der Waals surface area (Å²) in [5.41, 5.74) is 0. The second-order valence-corrected chi connectivity index (χ2v) is 8.08. The third-order valence-corrected chi connectivity index (χ3v) is 7.08. The van der Waals surface area contributed by atoms with E-state index in [1.54, 1.807) is 6.42 Å². The fourth-order valence-corrected chi connectivity index (χ4v) is 6.19. The molecule has 0 aliphatic heterocycles. The normalized spacial score (nSPS) is 37.5. The van der Waals surface area contributed by atoms with Crippen LogP contribution in [0.3, 0.4) is 0 Å². The van der Waals surface area contributed by atoms with Crippen LogP contribution in [0.2, 0.25) is 0 Å². The van der Waals surface area contributed by atoms with Gasteiger partial charge in [-0.05, 0) is 56.4 Å². The Morgan fingerprint density at radius 2 is 1.94 bits per heavy atom. The number of rotatable bonds is 6. The first-order valence-corrected chi connectivity index (χ1v) is 9.26. The van der Waals surface area contributed by atoms with Gasteiger partial charge in [0.15, 0.2) is 0 Å². The van der Waals surface area contributed by atoms with Gasteiger partial charge in [0.25, 0.3) is 0 Å². The Kier molecular flexibility index (Phi) is 4.56. The highest BCUT2D eigenvalue weighted by atomic mass is 32.2. The second kappa shape index (κ2) is 6.17. The van der Waals surface area contributed by atoms with Crippen molar-refractivity contribution in [1.29, 1.82) is 0 Å². The van der Waals surface area contributed by atoms with Crippen molar-refractivity contribution in [3.8, 4) is 0 Å². The lowest BCUT2D eigenvalue weighted by Gasteiger charge is -2.31. The molecule has 18 heavy (non-hydrogen) atoms. The van der Waals surface area contributed by atoms with Crippen molar-refractivity contribution in [1.82, 2.24) is 5.32 Å². The van der Waals surface area contributed by atoms with Gasteiger partial charge in [-0.3, -0.25) is 0 Å². The molecule has 3 fully saturated rings. The molecule has 3 aliphatic carbocycles. The zero-order chi connectivity index (χ0) is 12.4. The lowest BCUT2D eigenvalue weighted by atomic mass is 9.84. The molecular formula is C16H29NS. The topological polar surface area (TPSA) is 12.0 Å². The number of fused-ring (bicyclic) bond motifs is 2. The van der Waals surface area contributed by atoms with Crippen LogP contribution in [-0.2, 0) is 0 Å². The van der Waals surface area contributed by atoms with E-state index in [9.17, 15) is 0 Å². The molecule has 0 amide bonds. The van der Waals surface area contributed by atoms with Crippen LogP contribution in [0.4, 0.5) is 0 Å². The quantitative estimate of drug-likeness (QED) is 0.778. The molecule has 0 heterocycles. The average molecular weight is 267 g/mol. The zero-order valence-corrected chi connectivity index (χ0v) is 12.7. The lowest BCUT2D eigenvalue weighted by molar-refractivity contribution is 0.266. The number of thioether (sulfide) groups is 1. The third kappa shape index (κ3) is 2.90. The maximum Gasteiger partial charge on any atom is 0.0189 e. The molecule has 104 valence electrons. The maximum atomic E-state index is 3.81. The first-order valence-electron chi connectivity index (χ1n) is 8.21. The van der Waals surface area contributed by atoms with E-state index in [0.29, 0.717) is 0 Å². The second-order valence-electron chi connectivity index (χ2n) is 6.74. The van der Waals surface area contributed by atoms with E-state index in [1.165, 1.54) is 50.7 Å². The van der Waals surface area contributed by atoms with Gasteiger partial charge in [-0.1, -0.05) is 26.2 Å². The molecule has 4 unspecified atom stereocenters. The molecule has 0 aromatic heterocycles. The highest BCUT2D eigenvalue weighted by Gasteiger charge is 2.42. The van der Waals surface area contributed by atoms with Gasteiger partial charge < -0.3 is 5.32 Å². The molecule has 0 aromatic rings. The van der Waals surface area contributed by atoms with E-state index in [1.807, 2.05) is 0 Å². The van der Waals surface area contributed by atoms with Crippen molar-refractivity contribution in [2.45, 2.75) is 69.6 Å². The van der Waals surface area contributed by atoms with E-state index in [4.69, 9.17) is 0 Å². The van der Waals surface area contributed by atoms with Crippen LogP contribution < -0.4 is 5.32 Å². The van der Waals surface area contributed by atoms with E-state index < -0.39 is 0 Å². The van der Waals surface area contributed by atoms with Crippen molar-refractivity contribution in [2.75, 3.05) is 12.3 Å². The van der Waals surface area contributed by atoms with Crippen molar-refractivity contribution in [3.05, 3.63) is 0 Å². The van der Waals surface area contributed by atoms with Gasteiger partial charge >= 0.3 is 0 Å². The van der Waals surface area contributed by atoms with E-state index in [0.717, 1.165) is 35.6 Å². The number of hydrogen-bond acceptors (Lipinski definition) is 2. The summed E-state index contributed by atoms with van der Waals surface area (Å²) in [5, 5.41) is 4.80. The molecule has 3 saturated carbocycles. The molecule has 1 N–H and O–H groups in total. The Morgan fingerprint density at radius 3 is 2.56 bits per heavy atom. The summed E-state index contributed by atoms with van der Waals surface area (Å²) in [4.78, 5) is 0. The molecule has 0 spiro atoms. The first-order chi connectivity index (χ1) is 8.86. The van der Waals surface area contributed by atoms with Crippen LogP contribution >= 0.6 is 11.8 Å². The standard InChI is InChI=1S/C16H29NS/c1-2-17-16(11-18-14-5-3-4-6-14)15-10-12-7-8-13(15)9-12/h12-17H,2-11H2,1H3. The summed E-state index contributed by atoms with van der Waals surface area (Å²) in [6, 6.07) is 0.816.